The molecular formula is C17H21Cl2N3O4. The topological polar surface area (TPSA) is 104 Å². The number of aryl methyl sites for hydroxylation is 3. The van der Waals surface area contributed by atoms with Crippen LogP contribution in [0.1, 0.15) is 23.4 Å². The highest BCUT2D eigenvalue weighted by Crippen LogP contribution is 2.20. The Morgan fingerprint density at radius 2 is 1.81 bits per heavy atom. The predicted octanol–water partition coefficient (Wildman–Crippen LogP) is 3.14. The summed E-state index contributed by atoms with van der Waals surface area (Å²) in [4.78, 5) is 18.2. The van der Waals surface area contributed by atoms with Crippen LogP contribution in [-0.2, 0) is 22.7 Å². The van der Waals surface area contributed by atoms with Crippen molar-refractivity contribution in [2.24, 2.45) is 0 Å². The van der Waals surface area contributed by atoms with Crippen LogP contribution in [0.4, 0.5) is 0 Å². The molecule has 0 bridgehead atoms. The molecule has 1 aromatic carbocycles. The Balaban J connectivity index is 0.000000487. The molecule has 0 spiro atoms. The van der Waals surface area contributed by atoms with Gasteiger partial charge in [-0.1, -0.05) is 29.3 Å². The van der Waals surface area contributed by atoms with Crippen molar-refractivity contribution in [3.63, 3.8) is 0 Å². The molecular weight excluding hydrogens is 381 g/mol. The van der Waals surface area contributed by atoms with Crippen LogP contribution in [0.25, 0.3) is 0 Å². The Hall–Kier alpha value is -2.09. The highest BCUT2D eigenvalue weighted by Gasteiger charge is 2.04. The van der Waals surface area contributed by atoms with E-state index in [4.69, 9.17) is 43.0 Å². The molecule has 7 nitrogen and oxygen atoms in total. The number of carboxylic acids is 2. The largest absolute Gasteiger partial charge is 0.473 e. The normalized spacial score (nSPS) is 10.2. The van der Waals surface area contributed by atoms with Gasteiger partial charge in [0.25, 0.3) is 0 Å². The molecule has 0 atom stereocenters. The van der Waals surface area contributed by atoms with Gasteiger partial charge in [-0.15, -0.1) is 0 Å². The second-order valence-corrected chi connectivity index (χ2v) is 6.37. The summed E-state index contributed by atoms with van der Waals surface area (Å²) in [5.41, 5.74) is 3.36. The quantitative estimate of drug-likeness (QED) is 0.507. The second kappa shape index (κ2) is 10.8. The number of carbonyl (C=O) groups is 2. The Kier molecular flexibility index (Phi) is 9.12. The highest BCUT2D eigenvalue weighted by molar-refractivity contribution is 6.35. The van der Waals surface area contributed by atoms with Gasteiger partial charge in [-0.2, -0.15) is 5.10 Å². The van der Waals surface area contributed by atoms with Gasteiger partial charge in [-0.25, -0.2) is 9.59 Å². The van der Waals surface area contributed by atoms with Crippen LogP contribution in [0.5, 0.6) is 0 Å². The average molecular weight is 402 g/mol. The number of halogens is 2. The lowest BCUT2D eigenvalue weighted by molar-refractivity contribution is -0.159. The van der Waals surface area contributed by atoms with E-state index in [-0.39, 0.29) is 0 Å². The Labute approximate surface area is 161 Å². The maximum Gasteiger partial charge on any atom is 0.414 e. The van der Waals surface area contributed by atoms with E-state index in [1.54, 1.807) is 6.07 Å². The molecule has 0 saturated carbocycles. The summed E-state index contributed by atoms with van der Waals surface area (Å²) >= 11 is 12.0. The first kappa shape index (κ1) is 22.0. The van der Waals surface area contributed by atoms with E-state index in [2.05, 4.69) is 23.4 Å². The van der Waals surface area contributed by atoms with Crippen molar-refractivity contribution in [1.29, 1.82) is 0 Å². The molecule has 26 heavy (non-hydrogen) atoms. The summed E-state index contributed by atoms with van der Waals surface area (Å²) in [6.07, 6.45) is 1.03. The molecule has 142 valence electrons. The number of aliphatic carboxylic acids is 2. The summed E-state index contributed by atoms with van der Waals surface area (Å²) in [6.45, 7) is 6.72. The monoisotopic (exact) mass is 401 g/mol. The van der Waals surface area contributed by atoms with Crippen molar-refractivity contribution in [2.75, 3.05) is 6.54 Å². The summed E-state index contributed by atoms with van der Waals surface area (Å²) in [5, 5.41) is 24.0. The van der Waals surface area contributed by atoms with E-state index in [1.165, 1.54) is 5.69 Å². The minimum Gasteiger partial charge on any atom is -0.473 e. The lowest BCUT2D eigenvalue weighted by Crippen LogP contribution is -2.17. The van der Waals surface area contributed by atoms with E-state index in [0.717, 1.165) is 37.3 Å². The fourth-order valence-electron chi connectivity index (χ4n) is 2.14. The summed E-state index contributed by atoms with van der Waals surface area (Å²) < 4.78 is 2.05. The Morgan fingerprint density at radius 3 is 2.31 bits per heavy atom. The van der Waals surface area contributed by atoms with Crippen molar-refractivity contribution in [3.8, 4) is 0 Å². The molecule has 0 aliphatic carbocycles. The van der Waals surface area contributed by atoms with E-state index in [9.17, 15) is 0 Å². The smallest absolute Gasteiger partial charge is 0.414 e. The maximum atomic E-state index is 9.10. The van der Waals surface area contributed by atoms with Gasteiger partial charge in [-0.05, 0) is 50.6 Å². The predicted molar refractivity (Wildman–Crippen MR) is 99.8 cm³/mol. The molecule has 0 fully saturated rings. The number of hydrogen-bond acceptors (Lipinski definition) is 4. The van der Waals surface area contributed by atoms with Gasteiger partial charge in [0.15, 0.2) is 0 Å². The number of carboxylic acid groups (broad SMARTS) is 2. The van der Waals surface area contributed by atoms with Gasteiger partial charge in [0, 0.05) is 28.8 Å². The van der Waals surface area contributed by atoms with Gasteiger partial charge in [0.2, 0.25) is 0 Å². The van der Waals surface area contributed by atoms with Gasteiger partial charge >= 0.3 is 11.9 Å². The Morgan fingerprint density at radius 1 is 1.15 bits per heavy atom. The molecule has 0 amide bonds. The number of hydrogen-bond donors (Lipinski definition) is 3. The SMILES string of the molecule is Cc1cc(C)n(CCCNCc2ccc(Cl)cc2Cl)n1.O=C(O)C(=O)O. The molecule has 0 saturated heterocycles. The van der Waals surface area contributed by atoms with Crippen molar-refractivity contribution in [3.05, 3.63) is 51.3 Å². The second-order valence-electron chi connectivity index (χ2n) is 5.53. The van der Waals surface area contributed by atoms with Crippen LogP contribution < -0.4 is 5.32 Å². The first-order valence-electron chi connectivity index (χ1n) is 7.82. The fourth-order valence-corrected chi connectivity index (χ4v) is 2.62. The van der Waals surface area contributed by atoms with Crippen molar-refractivity contribution >= 4 is 35.1 Å². The third kappa shape index (κ3) is 7.86. The molecule has 0 aliphatic rings. The Bertz CT molecular complexity index is 750. The third-order valence-electron chi connectivity index (χ3n) is 3.34. The number of rotatable bonds is 6. The zero-order chi connectivity index (χ0) is 19.7. The van der Waals surface area contributed by atoms with Crippen LogP contribution in [0.2, 0.25) is 10.0 Å². The van der Waals surface area contributed by atoms with Gasteiger partial charge in [-0.3, -0.25) is 4.68 Å². The molecule has 1 aromatic heterocycles. The molecule has 1 heterocycles. The molecule has 2 aromatic rings. The summed E-state index contributed by atoms with van der Waals surface area (Å²) in [6, 6.07) is 7.69. The van der Waals surface area contributed by atoms with Crippen LogP contribution >= 0.6 is 23.2 Å². The van der Waals surface area contributed by atoms with E-state index >= 15 is 0 Å². The fraction of sp³-hybridized carbons (Fsp3) is 0.353. The van der Waals surface area contributed by atoms with Crippen LogP contribution in [0.15, 0.2) is 24.3 Å². The summed E-state index contributed by atoms with van der Waals surface area (Å²) in [5.74, 6) is -3.65. The first-order valence-corrected chi connectivity index (χ1v) is 8.58. The van der Waals surface area contributed by atoms with Crippen molar-refractivity contribution in [1.82, 2.24) is 15.1 Å². The number of nitrogens with zero attached hydrogens (tertiary/aromatic N) is 2. The zero-order valence-corrected chi connectivity index (χ0v) is 16.0. The zero-order valence-electron chi connectivity index (χ0n) is 14.5. The van der Waals surface area contributed by atoms with Crippen LogP contribution in [0.3, 0.4) is 0 Å². The lowest BCUT2D eigenvalue weighted by atomic mass is 10.2. The van der Waals surface area contributed by atoms with Crippen molar-refractivity contribution in [2.45, 2.75) is 33.4 Å². The van der Waals surface area contributed by atoms with Gasteiger partial charge in [0.1, 0.15) is 0 Å². The minimum atomic E-state index is -1.82. The maximum absolute atomic E-state index is 9.10. The van der Waals surface area contributed by atoms with Gasteiger partial charge in [0.05, 0.1) is 5.69 Å². The van der Waals surface area contributed by atoms with E-state index in [1.807, 2.05) is 23.7 Å². The van der Waals surface area contributed by atoms with Crippen LogP contribution in [-0.4, -0.2) is 38.5 Å². The van der Waals surface area contributed by atoms with Crippen molar-refractivity contribution < 1.29 is 19.8 Å². The average Bonchev–Trinajstić information content (AvgIpc) is 2.87. The first-order chi connectivity index (χ1) is 12.2. The number of nitrogens with one attached hydrogen (secondary N) is 1. The summed E-state index contributed by atoms with van der Waals surface area (Å²) in [7, 11) is 0. The molecule has 9 heteroatoms. The van der Waals surface area contributed by atoms with E-state index < -0.39 is 11.9 Å². The standard InChI is InChI=1S/C15H19Cl2N3.C2H2O4/c1-11-8-12(2)20(19-11)7-3-6-18-10-13-4-5-14(16)9-15(13)17;3-1(4)2(5)6/h4-5,8-9,18H,3,6-7,10H2,1-2H3;(H,3,4)(H,5,6). The lowest BCUT2D eigenvalue weighted by Gasteiger charge is -2.08. The number of benzene rings is 1. The van der Waals surface area contributed by atoms with E-state index in [0.29, 0.717) is 10.0 Å². The molecule has 2 rings (SSSR count). The number of aromatic nitrogens is 2. The third-order valence-corrected chi connectivity index (χ3v) is 3.93. The van der Waals surface area contributed by atoms with Gasteiger partial charge < -0.3 is 15.5 Å². The highest BCUT2D eigenvalue weighted by atomic mass is 35.5. The molecule has 0 aliphatic heterocycles. The molecule has 3 N–H and O–H groups in total. The molecule has 0 unspecified atom stereocenters. The molecule has 0 radical (unpaired) electrons. The minimum absolute atomic E-state index is 0.670. The van der Waals surface area contributed by atoms with Crippen LogP contribution in [0, 0.1) is 13.8 Å².